The van der Waals surface area contributed by atoms with E-state index in [1.54, 1.807) is 24.3 Å². The lowest BCUT2D eigenvalue weighted by Gasteiger charge is -2.02. The molecule has 0 radical (unpaired) electrons. The average Bonchev–Trinajstić information content (AvgIpc) is 2.74. The van der Waals surface area contributed by atoms with Crippen molar-refractivity contribution in [2.24, 2.45) is 5.10 Å². The van der Waals surface area contributed by atoms with E-state index in [0.717, 1.165) is 11.1 Å². The van der Waals surface area contributed by atoms with Gasteiger partial charge in [-0.25, -0.2) is 5.43 Å². The number of amides is 1. The van der Waals surface area contributed by atoms with Gasteiger partial charge < -0.3 is 0 Å². The van der Waals surface area contributed by atoms with Crippen LogP contribution in [0.5, 0.6) is 0 Å². The SMILES string of the molecule is O=C(NN=C(/C=C\c1ccccc1)/C=C/c1ccccc1)c1cccc(Cl)c1. The summed E-state index contributed by atoms with van der Waals surface area (Å²) < 4.78 is 0. The van der Waals surface area contributed by atoms with Crippen LogP contribution in [0.15, 0.2) is 102 Å². The van der Waals surface area contributed by atoms with Gasteiger partial charge in [-0.2, -0.15) is 5.10 Å². The van der Waals surface area contributed by atoms with Crippen LogP contribution >= 0.6 is 11.6 Å². The molecule has 0 heterocycles. The van der Waals surface area contributed by atoms with Crippen LogP contribution in [-0.2, 0) is 0 Å². The van der Waals surface area contributed by atoms with Gasteiger partial charge >= 0.3 is 0 Å². The second kappa shape index (κ2) is 10.0. The van der Waals surface area contributed by atoms with Crippen molar-refractivity contribution in [1.29, 1.82) is 0 Å². The largest absolute Gasteiger partial charge is 0.271 e. The maximum Gasteiger partial charge on any atom is 0.271 e. The van der Waals surface area contributed by atoms with Crippen molar-refractivity contribution < 1.29 is 4.79 Å². The quantitative estimate of drug-likeness (QED) is 0.419. The molecule has 0 aromatic heterocycles. The van der Waals surface area contributed by atoms with Gasteiger partial charge in [0.05, 0.1) is 5.71 Å². The van der Waals surface area contributed by atoms with Gasteiger partial charge in [-0.15, -0.1) is 0 Å². The Balaban J connectivity index is 1.80. The number of allylic oxidation sites excluding steroid dienone is 2. The summed E-state index contributed by atoms with van der Waals surface area (Å²) in [5.74, 6) is -0.318. The Morgan fingerprint density at radius 3 is 1.89 bits per heavy atom. The fraction of sp³-hybridized carbons (Fsp3) is 0. The number of hydrogen-bond donors (Lipinski definition) is 1. The molecular weight excluding hydrogens is 368 g/mol. The second-order valence-corrected chi connectivity index (χ2v) is 6.41. The average molecular weight is 387 g/mol. The first kappa shape index (κ1) is 19.3. The van der Waals surface area contributed by atoms with Crippen molar-refractivity contribution in [3.05, 3.63) is 119 Å². The summed E-state index contributed by atoms with van der Waals surface area (Å²) in [4.78, 5) is 12.3. The van der Waals surface area contributed by atoms with E-state index in [-0.39, 0.29) is 5.91 Å². The van der Waals surface area contributed by atoms with Crippen molar-refractivity contribution in [2.75, 3.05) is 0 Å². The summed E-state index contributed by atoms with van der Waals surface area (Å²) >= 11 is 5.95. The van der Waals surface area contributed by atoms with Crippen LogP contribution in [0.1, 0.15) is 21.5 Å². The van der Waals surface area contributed by atoms with Crippen LogP contribution < -0.4 is 5.43 Å². The van der Waals surface area contributed by atoms with Crippen LogP contribution in [0.4, 0.5) is 0 Å². The zero-order valence-corrected chi connectivity index (χ0v) is 15.9. The van der Waals surface area contributed by atoms with Crippen molar-refractivity contribution in [1.82, 2.24) is 5.43 Å². The van der Waals surface area contributed by atoms with Crippen LogP contribution in [0, 0.1) is 0 Å². The fourth-order valence-corrected chi connectivity index (χ4v) is 2.62. The molecule has 3 rings (SSSR count). The number of nitrogens with zero attached hydrogens (tertiary/aromatic N) is 1. The molecule has 3 aromatic rings. The van der Waals surface area contributed by atoms with Gasteiger partial charge in [0, 0.05) is 10.6 Å². The van der Waals surface area contributed by atoms with Gasteiger partial charge in [-0.05, 0) is 41.5 Å². The molecule has 0 saturated heterocycles. The van der Waals surface area contributed by atoms with E-state index in [0.29, 0.717) is 16.3 Å². The van der Waals surface area contributed by atoms with Gasteiger partial charge in [0.2, 0.25) is 0 Å². The van der Waals surface area contributed by atoms with E-state index in [1.807, 2.05) is 85.0 Å². The zero-order valence-electron chi connectivity index (χ0n) is 15.1. The summed E-state index contributed by atoms with van der Waals surface area (Å²) in [6.45, 7) is 0. The molecule has 3 aromatic carbocycles. The van der Waals surface area contributed by atoms with Crippen molar-refractivity contribution in [3.63, 3.8) is 0 Å². The number of hydrazone groups is 1. The third-order valence-electron chi connectivity index (χ3n) is 3.87. The standard InChI is InChI=1S/C24H19ClN2O/c25-22-13-7-12-21(18-22)24(28)27-26-23(16-14-19-8-3-1-4-9-19)17-15-20-10-5-2-6-11-20/h1-18H,(H,27,28)/b16-14-,17-15+,26-23?. The summed E-state index contributed by atoms with van der Waals surface area (Å²) in [5, 5.41) is 4.76. The van der Waals surface area contributed by atoms with Gasteiger partial charge in [0.25, 0.3) is 5.91 Å². The number of carbonyl (C=O) groups is 1. The molecule has 0 saturated carbocycles. The highest BCUT2D eigenvalue weighted by Gasteiger charge is 2.04. The van der Waals surface area contributed by atoms with Gasteiger partial charge in [-0.1, -0.05) is 90.5 Å². The van der Waals surface area contributed by atoms with Crippen LogP contribution in [-0.4, -0.2) is 11.6 Å². The highest BCUT2D eigenvalue weighted by Crippen LogP contribution is 2.10. The predicted octanol–water partition coefficient (Wildman–Crippen LogP) is 5.85. The first-order valence-electron chi connectivity index (χ1n) is 8.80. The molecule has 138 valence electrons. The Morgan fingerprint density at radius 2 is 1.36 bits per heavy atom. The lowest BCUT2D eigenvalue weighted by Crippen LogP contribution is -2.18. The van der Waals surface area contributed by atoms with E-state index in [2.05, 4.69) is 10.5 Å². The molecule has 28 heavy (non-hydrogen) atoms. The predicted molar refractivity (Wildman–Crippen MR) is 117 cm³/mol. The zero-order chi connectivity index (χ0) is 19.6. The first-order chi connectivity index (χ1) is 13.7. The van der Waals surface area contributed by atoms with E-state index >= 15 is 0 Å². The van der Waals surface area contributed by atoms with Crippen LogP contribution in [0.25, 0.3) is 12.2 Å². The number of benzene rings is 3. The highest BCUT2D eigenvalue weighted by molar-refractivity contribution is 6.31. The highest BCUT2D eigenvalue weighted by atomic mass is 35.5. The van der Waals surface area contributed by atoms with E-state index in [1.165, 1.54) is 0 Å². The molecule has 0 unspecified atom stereocenters. The summed E-state index contributed by atoms with van der Waals surface area (Å²) in [6.07, 6.45) is 7.60. The summed E-state index contributed by atoms with van der Waals surface area (Å²) in [6, 6.07) is 26.5. The molecule has 0 aliphatic carbocycles. The Bertz CT molecular complexity index is 958. The summed E-state index contributed by atoms with van der Waals surface area (Å²) in [7, 11) is 0. The molecule has 0 aliphatic rings. The van der Waals surface area contributed by atoms with Gasteiger partial charge in [0.15, 0.2) is 0 Å². The lowest BCUT2D eigenvalue weighted by molar-refractivity contribution is 0.0955. The number of halogens is 1. The number of rotatable bonds is 6. The normalized spacial score (nSPS) is 11.8. The third kappa shape index (κ3) is 6.08. The van der Waals surface area contributed by atoms with Gasteiger partial charge in [0.1, 0.15) is 0 Å². The third-order valence-corrected chi connectivity index (χ3v) is 4.10. The molecule has 1 N–H and O–H groups in total. The Morgan fingerprint density at radius 1 is 0.786 bits per heavy atom. The van der Waals surface area contributed by atoms with Crippen molar-refractivity contribution >= 4 is 35.4 Å². The van der Waals surface area contributed by atoms with E-state index in [9.17, 15) is 4.79 Å². The Hall–Kier alpha value is -3.43. The second-order valence-electron chi connectivity index (χ2n) is 5.98. The van der Waals surface area contributed by atoms with Crippen molar-refractivity contribution in [2.45, 2.75) is 0 Å². The molecule has 0 fully saturated rings. The minimum Gasteiger partial charge on any atom is -0.267 e. The molecule has 0 aliphatic heterocycles. The molecule has 0 bridgehead atoms. The van der Waals surface area contributed by atoms with E-state index in [4.69, 9.17) is 11.6 Å². The maximum absolute atomic E-state index is 12.3. The Kier molecular flexibility index (Phi) is 6.94. The molecular formula is C24H19ClN2O. The smallest absolute Gasteiger partial charge is 0.267 e. The summed E-state index contributed by atoms with van der Waals surface area (Å²) in [5.41, 5.74) is 5.75. The molecule has 0 atom stereocenters. The monoisotopic (exact) mass is 386 g/mol. The first-order valence-corrected chi connectivity index (χ1v) is 9.18. The number of nitrogens with one attached hydrogen (secondary N) is 1. The minimum absolute atomic E-state index is 0.318. The molecule has 0 spiro atoms. The molecule has 1 amide bonds. The fourth-order valence-electron chi connectivity index (χ4n) is 2.43. The topological polar surface area (TPSA) is 41.5 Å². The number of carbonyl (C=O) groups excluding carboxylic acids is 1. The van der Waals surface area contributed by atoms with Crippen LogP contribution in [0.3, 0.4) is 0 Å². The lowest BCUT2D eigenvalue weighted by atomic mass is 10.1. The number of hydrogen-bond acceptors (Lipinski definition) is 2. The Labute approximate surface area is 169 Å². The van der Waals surface area contributed by atoms with Gasteiger partial charge in [-0.3, -0.25) is 4.79 Å². The van der Waals surface area contributed by atoms with Crippen molar-refractivity contribution in [3.8, 4) is 0 Å². The van der Waals surface area contributed by atoms with Crippen LogP contribution in [0.2, 0.25) is 5.02 Å². The molecule has 3 nitrogen and oxygen atoms in total. The maximum atomic E-state index is 12.3. The molecule has 4 heteroatoms. The van der Waals surface area contributed by atoms with E-state index < -0.39 is 0 Å². The minimum atomic E-state index is -0.318.